The smallest absolute Gasteiger partial charge is 0.146 e. The molecule has 0 radical (unpaired) electrons. The predicted molar refractivity (Wildman–Crippen MR) is 55.8 cm³/mol. The molecule has 5 nitrogen and oxygen atoms in total. The van der Waals surface area contributed by atoms with Crippen LogP contribution in [0.2, 0.25) is 0 Å². The van der Waals surface area contributed by atoms with E-state index >= 15 is 0 Å². The highest BCUT2D eigenvalue weighted by Crippen LogP contribution is 2.03. The number of hydrogen-bond acceptors (Lipinski definition) is 5. The first-order chi connectivity index (χ1) is 6.68. The summed E-state index contributed by atoms with van der Waals surface area (Å²) in [4.78, 5) is 7.93. The minimum atomic E-state index is -0.247. The van der Waals surface area contributed by atoms with E-state index in [1.165, 1.54) is 6.20 Å². The molecule has 0 aliphatic carbocycles. The SMILES string of the molecule is CC(O)CCCNc1cncc(N)n1. The predicted octanol–water partition coefficient (Wildman–Crippen LogP) is 0.632. The topological polar surface area (TPSA) is 84.1 Å². The molecule has 0 amide bonds. The highest BCUT2D eigenvalue weighted by atomic mass is 16.3. The van der Waals surface area contributed by atoms with Gasteiger partial charge in [0.05, 0.1) is 18.5 Å². The molecule has 0 saturated heterocycles. The molecule has 1 aromatic heterocycles. The number of nitrogens with zero attached hydrogens (tertiary/aromatic N) is 2. The second-order valence-electron chi connectivity index (χ2n) is 3.25. The van der Waals surface area contributed by atoms with Crippen molar-refractivity contribution in [2.24, 2.45) is 0 Å². The zero-order valence-corrected chi connectivity index (χ0v) is 8.27. The Kier molecular flexibility index (Phi) is 4.12. The third-order valence-corrected chi connectivity index (χ3v) is 1.76. The lowest BCUT2D eigenvalue weighted by atomic mass is 10.2. The number of aliphatic hydroxyl groups excluding tert-OH is 1. The number of hydrogen-bond donors (Lipinski definition) is 3. The average molecular weight is 196 g/mol. The molecule has 0 bridgehead atoms. The molecule has 1 atom stereocenters. The van der Waals surface area contributed by atoms with Gasteiger partial charge in [-0.25, -0.2) is 4.98 Å². The largest absolute Gasteiger partial charge is 0.393 e. The Bertz CT molecular complexity index is 277. The lowest BCUT2D eigenvalue weighted by Gasteiger charge is -2.06. The van der Waals surface area contributed by atoms with Crippen molar-refractivity contribution >= 4 is 11.6 Å². The number of rotatable bonds is 5. The van der Waals surface area contributed by atoms with Crippen molar-refractivity contribution < 1.29 is 5.11 Å². The quantitative estimate of drug-likeness (QED) is 0.601. The van der Waals surface area contributed by atoms with E-state index in [9.17, 15) is 0 Å². The van der Waals surface area contributed by atoms with Gasteiger partial charge in [-0.15, -0.1) is 0 Å². The number of nitrogen functional groups attached to an aromatic ring is 1. The molecule has 0 aliphatic rings. The van der Waals surface area contributed by atoms with E-state index in [0.29, 0.717) is 11.6 Å². The minimum absolute atomic E-state index is 0.247. The summed E-state index contributed by atoms with van der Waals surface area (Å²) in [5, 5.41) is 12.1. The monoisotopic (exact) mass is 196 g/mol. The summed E-state index contributed by atoms with van der Waals surface area (Å²) in [5.74, 6) is 1.08. The Hall–Kier alpha value is -1.36. The Morgan fingerprint density at radius 2 is 2.36 bits per heavy atom. The van der Waals surface area contributed by atoms with Crippen LogP contribution in [0.3, 0.4) is 0 Å². The standard InChI is InChI=1S/C9H16N4O/c1-7(14)3-2-4-12-9-6-11-5-8(10)13-9/h5-7,14H,2-4H2,1H3,(H3,10,12,13). The molecule has 0 spiro atoms. The van der Waals surface area contributed by atoms with Crippen LogP contribution in [-0.4, -0.2) is 27.7 Å². The van der Waals surface area contributed by atoms with Crippen molar-refractivity contribution in [2.45, 2.75) is 25.9 Å². The van der Waals surface area contributed by atoms with Crippen LogP contribution in [0.4, 0.5) is 11.6 Å². The fourth-order valence-electron chi connectivity index (χ4n) is 1.08. The molecule has 0 saturated carbocycles. The Morgan fingerprint density at radius 3 is 3.00 bits per heavy atom. The zero-order chi connectivity index (χ0) is 10.4. The molecule has 0 aliphatic heterocycles. The maximum atomic E-state index is 9.02. The molecular formula is C9H16N4O. The summed E-state index contributed by atoms with van der Waals surface area (Å²) in [7, 11) is 0. The first-order valence-corrected chi connectivity index (χ1v) is 4.68. The molecular weight excluding hydrogens is 180 g/mol. The third-order valence-electron chi connectivity index (χ3n) is 1.76. The van der Waals surface area contributed by atoms with Gasteiger partial charge in [-0.05, 0) is 19.8 Å². The van der Waals surface area contributed by atoms with Gasteiger partial charge in [-0.2, -0.15) is 0 Å². The fourth-order valence-corrected chi connectivity index (χ4v) is 1.08. The first kappa shape index (κ1) is 10.7. The lowest BCUT2D eigenvalue weighted by molar-refractivity contribution is 0.183. The molecule has 1 rings (SSSR count). The van der Waals surface area contributed by atoms with E-state index < -0.39 is 0 Å². The number of nitrogens with one attached hydrogen (secondary N) is 1. The fraction of sp³-hybridized carbons (Fsp3) is 0.556. The van der Waals surface area contributed by atoms with Crippen LogP contribution in [-0.2, 0) is 0 Å². The van der Waals surface area contributed by atoms with Gasteiger partial charge in [0.1, 0.15) is 11.6 Å². The van der Waals surface area contributed by atoms with E-state index in [1.807, 2.05) is 0 Å². The van der Waals surface area contributed by atoms with Crippen LogP contribution in [0.25, 0.3) is 0 Å². The van der Waals surface area contributed by atoms with Gasteiger partial charge in [-0.1, -0.05) is 0 Å². The highest BCUT2D eigenvalue weighted by Gasteiger charge is 1.97. The molecule has 1 aromatic rings. The van der Waals surface area contributed by atoms with Crippen LogP contribution in [0, 0.1) is 0 Å². The van der Waals surface area contributed by atoms with E-state index in [-0.39, 0.29) is 6.10 Å². The zero-order valence-electron chi connectivity index (χ0n) is 8.27. The Balaban J connectivity index is 2.25. The molecule has 0 fully saturated rings. The van der Waals surface area contributed by atoms with Crippen molar-refractivity contribution in [3.63, 3.8) is 0 Å². The molecule has 0 aromatic carbocycles. The van der Waals surface area contributed by atoms with E-state index in [4.69, 9.17) is 10.8 Å². The Labute approximate surface area is 83.4 Å². The van der Waals surface area contributed by atoms with E-state index in [0.717, 1.165) is 19.4 Å². The summed E-state index contributed by atoms with van der Waals surface area (Å²) in [5.41, 5.74) is 5.46. The second kappa shape index (κ2) is 5.39. The summed E-state index contributed by atoms with van der Waals surface area (Å²) in [6.07, 6.45) is 4.56. The van der Waals surface area contributed by atoms with Gasteiger partial charge in [0.15, 0.2) is 0 Å². The average Bonchev–Trinajstić information content (AvgIpc) is 2.12. The normalized spacial score (nSPS) is 12.4. The van der Waals surface area contributed by atoms with Crippen LogP contribution >= 0.6 is 0 Å². The van der Waals surface area contributed by atoms with Gasteiger partial charge in [-0.3, -0.25) is 4.98 Å². The second-order valence-corrected chi connectivity index (χ2v) is 3.25. The highest BCUT2D eigenvalue weighted by molar-refractivity contribution is 5.37. The number of aromatic nitrogens is 2. The van der Waals surface area contributed by atoms with Crippen LogP contribution in [0.1, 0.15) is 19.8 Å². The number of aliphatic hydroxyl groups is 1. The molecule has 4 N–H and O–H groups in total. The molecule has 1 heterocycles. The van der Waals surface area contributed by atoms with Gasteiger partial charge in [0, 0.05) is 6.54 Å². The molecule has 14 heavy (non-hydrogen) atoms. The summed E-state index contributed by atoms with van der Waals surface area (Å²) >= 11 is 0. The summed E-state index contributed by atoms with van der Waals surface area (Å²) in [6, 6.07) is 0. The van der Waals surface area contributed by atoms with Crippen molar-refractivity contribution in [3.8, 4) is 0 Å². The van der Waals surface area contributed by atoms with Gasteiger partial charge >= 0.3 is 0 Å². The maximum absolute atomic E-state index is 9.02. The van der Waals surface area contributed by atoms with E-state index in [2.05, 4.69) is 15.3 Å². The third kappa shape index (κ3) is 4.04. The van der Waals surface area contributed by atoms with Crippen molar-refractivity contribution in [1.82, 2.24) is 9.97 Å². The van der Waals surface area contributed by atoms with Crippen LogP contribution in [0.15, 0.2) is 12.4 Å². The molecule has 78 valence electrons. The molecule has 1 unspecified atom stereocenters. The summed E-state index contributed by atoms with van der Waals surface area (Å²) < 4.78 is 0. The van der Waals surface area contributed by atoms with Crippen molar-refractivity contribution in [2.75, 3.05) is 17.6 Å². The molecule has 5 heteroatoms. The summed E-state index contributed by atoms with van der Waals surface area (Å²) in [6.45, 7) is 2.54. The van der Waals surface area contributed by atoms with E-state index in [1.54, 1.807) is 13.1 Å². The van der Waals surface area contributed by atoms with Crippen LogP contribution < -0.4 is 11.1 Å². The van der Waals surface area contributed by atoms with Crippen molar-refractivity contribution in [1.29, 1.82) is 0 Å². The number of anilines is 2. The maximum Gasteiger partial charge on any atom is 0.146 e. The van der Waals surface area contributed by atoms with Crippen molar-refractivity contribution in [3.05, 3.63) is 12.4 Å². The minimum Gasteiger partial charge on any atom is -0.393 e. The van der Waals surface area contributed by atoms with Gasteiger partial charge in [0.2, 0.25) is 0 Å². The van der Waals surface area contributed by atoms with Crippen LogP contribution in [0.5, 0.6) is 0 Å². The van der Waals surface area contributed by atoms with Gasteiger partial charge in [0.25, 0.3) is 0 Å². The number of nitrogens with two attached hydrogens (primary N) is 1. The van der Waals surface area contributed by atoms with Gasteiger partial charge < -0.3 is 16.2 Å². The Morgan fingerprint density at radius 1 is 1.57 bits per heavy atom. The lowest BCUT2D eigenvalue weighted by Crippen LogP contribution is -2.08. The first-order valence-electron chi connectivity index (χ1n) is 4.68.